The molecule has 0 fully saturated rings. The SMILES string of the molecule is CCCn1nncc1C(NCC)c1ccc(Cl)cn1. The van der Waals surface area contributed by atoms with Crippen molar-refractivity contribution in [3.8, 4) is 0 Å². The van der Waals surface area contributed by atoms with Crippen LogP contribution in [0.5, 0.6) is 0 Å². The Morgan fingerprint density at radius 1 is 1.32 bits per heavy atom. The van der Waals surface area contributed by atoms with E-state index in [1.807, 2.05) is 16.8 Å². The lowest BCUT2D eigenvalue weighted by atomic mass is 10.1. The van der Waals surface area contributed by atoms with Crippen LogP contribution in [0.2, 0.25) is 5.02 Å². The third kappa shape index (κ3) is 3.30. The first-order valence-corrected chi connectivity index (χ1v) is 6.87. The molecule has 2 aromatic rings. The molecule has 1 N–H and O–H groups in total. The zero-order valence-electron chi connectivity index (χ0n) is 11.2. The molecule has 5 nitrogen and oxygen atoms in total. The Labute approximate surface area is 118 Å². The van der Waals surface area contributed by atoms with E-state index in [-0.39, 0.29) is 6.04 Å². The summed E-state index contributed by atoms with van der Waals surface area (Å²) in [5.41, 5.74) is 1.95. The van der Waals surface area contributed by atoms with Crippen molar-refractivity contribution in [1.82, 2.24) is 25.3 Å². The van der Waals surface area contributed by atoms with Crippen LogP contribution in [-0.4, -0.2) is 26.5 Å². The van der Waals surface area contributed by atoms with E-state index < -0.39 is 0 Å². The molecule has 0 aromatic carbocycles. The van der Waals surface area contributed by atoms with Gasteiger partial charge in [-0.2, -0.15) is 0 Å². The molecule has 0 spiro atoms. The van der Waals surface area contributed by atoms with E-state index in [0.29, 0.717) is 5.02 Å². The summed E-state index contributed by atoms with van der Waals surface area (Å²) in [6, 6.07) is 3.77. The summed E-state index contributed by atoms with van der Waals surface area (Å²) in [7, 11) is 0. The van der Waals surface area contributed by atoms with Crippen molar-refractivity contribution in [2.75, 3.05) is 6.54 Å². The average molecular weight is 280 g/mol. The second kappa shape index (κ2) is 6.63. The van der Waals surface area contributed by atoms with Crippen LogP contribution in [0.3, 0.4) is 0 Å². The van der Waals surface area contributed by atoms with Crippen molar-refractivity contribution in [2.45, 2.75) is 32.9 Å². The quantitative estimate of drug-likeness (QED) is 0.882. The number of rotatable bonds is 6. The molecule has 0 saturated heterocycles. The number of pyridine rings is 1. The van der Waals surface area contributed by atoms with Gasteiger partial charge in [-0.3, -0.25) is 4.98 Å². The number of halogens is 1. The average Bonchev–Trinajstić information content (AvgIpc) is 2.86. The molecule has 0 amide bonds. The van der Waals surface area contributed by atoms with E-state index in [4.69, 9.17) is 11.6 Å². The zero-order valence-corrected chi connectivity index (χ0v) is 11.9. The van der Waals surface area contributed by atoms with Crippen molar-refractivity contribution in [2.24, 2.45) is 0 Å². The number of aromatic nitrogens is 4. The lowest BCUT2D eigenvalue weighted by Crippen LogP contribution is -2.25. The molecule has 102 valence electrons. The number of nitrogens with zero attached hydrogens (tertiary/aromatic N) is 4. The van der Waals surface area contributed by atoms with Gasteiger partial charge >= 0.3 is 0 Å². The summed E-state index contributed by atoms with van der Waals surface area (Å²) in [6.07, 6.45) is 4.47. The molecule has 2 aromatic heterocycles. The normalized spacial score (nSPS) is 12.6. The van der Waals surface area contributed by atoms with Gasteiger partial charge in [0.05, 0.1) is 28.6 Å². The molecule has 2 rings (SSSR count). The molecular formula is C13H18ClN5. The highest BCUT2D eigenvalue weighted by molar-refractivity contribution is 6.30. The van der Waals surface area contributed by atoms with Gasteiger partial charge in [-0.25, -0.2) is 4.68 Å². The van der Waals surface area contributed by atoms with Gasteiger partial charge in [-0.1, -0.05) is 30.7 Å². The maximum atomic E-state index is 5.89. The van der Waals surface area contributed by atoms with Gasteiger partial charge < -0.3 is 5.32 Å². The first-order chi connectivity index (χ1) is 9.26. The first-order valence-electron chi connectivity index (χ1n) is 6.49. The molecule has 0 radical (unpaired) electrons. The van der Waals surface area contributed by atoms with Gasteiger partial charge in [0.1, 0.15) is 0 Å². The van der Waals surface area contributed by atoms with Crippen molar-refractivity contribution < 1.29 is 0 Å². The molecular weight excluding hydrogens is 262 g/mol. The summed E-state index contributed by atoms with van der Waals surface area (Å²) in [5, 5.41) is 12.2. The Morgan fingerprint density at radius 3 is 2.79 bits per heavy atom. The Kier molecular flexibility index (Phi) is 4.87. The standard InChI is InChI=1S/C13H18ClN5/c1-3-7-19-12(9-17-18-19)13(15-4-2)11-6-5-10(14)8-16-11/h5-6,8-9,13,15H,3-4,7H2,1-2H3. The predicted octanol–water partition coefficient (Wildman–Crippen LogP) is 2.44. The molecule has 0 aliphatic rings. The largest absolute Gasteiger partial charge is 0.304 e. The smallest absolute Gasteiger partial charge is 0.0938 e. The zero-order chi connectivity index (χ0) is 13.7. The minimum atomic E-state index is -0.0104. The summed E-state index contributed by atoms with van der Waals surface area (Å²) in [5.74, 6) is 0. The molecule has 2 heterocycles. The van der Waals surface area contributed by atoms with Gasteiger partial charge in [0.25, 0.3) is 0 Å². The minimum absolute atomic E-state index is 0.0104. The van der Waals surface area contributed by atoms with Crippen LogP contribution in [0.25, 0.3) is 0 Å². The molecule has 0 aliphatic carbocycles. The van der Waals surface area contributed by atoms with E-state index in [9.17, 15) is 0 Å². The minimum Gasteiger partial charge on any atom is -0.304 e. The van der Waals surface area contributed by atoms with E-state index in [0.717, 1.165) is 30.9 Å². The highest BCUT2D eigenvalue weighted by Gasteiger charge is 2.19. The van der Waals surface area contributed by atoms with Crippen molar-refractivity contribution >= 4 is 11.6 Å². The molecule has 0 saturated carbocycles. The van der Waals surface area contributed by atoms with Crippen LogP contribution in [0.15, 0.2) is 24.5 Å². The fourth-order valence-electron chi connectivity index (χ4n) is 2.00. The lowest BCUT2D eigenvalue weighted by Gasteiger charge is -2.18. The van der Waals surface area contributed by atoms with E-state index in [1.165, 1.54) is 0 Å². The molecule has 1 unspecified atom stereocenters. The molecule has 1 atom stereocenters. The molecule has 19 heavy (non-hydrogen) atoms. The van der Waals surface area contributed by atoms with E-state index in [1.54, 1.807) is 12.4 Å². The fraction of sp³-hybridized carbons (Fsp3) is 0.462. The van der Waals surface area contributed by atoms with Gasteiger partial charge in [0, 0.05) is 12.7 Å². The van der Waals surface area contributed by atoms with Crippen LogP contribution in [-0.2, 0) is 6.54 Å². The van der Waals surface area contributed by atoms with E-state index in [2.05, 4.69) is 34.5 Å². The lowest BCUT2D eigenvalue weighted by molar-refractivity contribution is 0.506. The van der Waals surface area contributed by atoms with Crippen LogP contribution >= 0.6 is 11.6 Å². The highest BCUT2D eigenvalue weighted by Crippen LogP contribution is 2.20. The molecule has 0 bridgehead atoms. The maximum Gasteiger partial charge on any atom is 0.0938 e. The third-order valence-electron chi connectivity index (χ3n) is 2.83. The second-order valence-corrected chi connectivity index (χ2v) is 4.71. The van der Waals surface area contributed by atoms with Gasteiger partial charge in [0.15, 0.2) is 0 Å². The number of hydrogen-bond donors (Lipinski definition) is 1. The van der Waals surface area contributed by atoms with Gasteiger partial charge in [-0.15, -0.1) is 5.10 Å². The second-order valence-electron chi connectivity index (χ2n) is 4.27. The summed E-state index contributed by atoms with van der Waals surface area (Å²) < 4.78 is 1.92. The summed E-state index contributed by atoms with van der Waals surface area (Å²) >= 11 is 5.89. The van der Waals surface area contributed by atoms with Crippen LogP contribution in [0, 0.1) is 0 Å². The Bertz CT molecular complexity index is 508. The number of nitrogens with one attached hydrogen (secondary N) is 1. The van der Waals surface area contributed by atoms with Crippen LogP contribution in [0.4, 0.5) is 0 Å². The predicted molar refractivity (Wildman–Crippen MR) is 75.1 cm³/mol. The van der Waals surface area contributed by atoms with Crippen molar-refractivity contribution in [3.05, 3.63) is 40.9 Å². The summed E-state index contributed by atoms with van der Waals surface area (Å²) in [6.45, 7) is 5.88. The van der Waals surface area contributed by atoms with E-state index >= 15 is 0 Å². The first kappa shape index (κ1) is 14.0. The monoisotopic (exact) mass is 279 g/mol. The van der Waals surface area contributed by atoms with Crippen LogP contribution < -0.4 is 5.32 Å². The number of aryl methyl sites for hydroxylation is 1. The van der Waals surface area contributed by atoms with Gasteiger partial charge in [0.2, 0.25) is 0 Å². The molecule has 0 aliphatic heterocycles. The highest BCUT2D eigenvalue weighted by atomic mass is 35.5. The fourth-order valence-corrected chi connectivity index (χ4v) is 2.11. The third-order valence-corrected chi connectivity index (χ3v) is 3.06. The van der Waals surface area contributed by atoms with Crippen LogP contribution in [0.1, 0.15) is 37.7 Å². The Hall–Kier alpha value is -1.46. The Balaban J connectivity index is 2.33. The Morgan fingerprint density at radius 2 is 2.16 bits per heavy atom. The number of hydrogen-bond acceptors (Lipinski definition) is 4. The van der Waals surface area contributed by atoms with Gasteiger partial charge in [-0.05, 0) is 25.1 Å². The van der Waals surface area contributed by atoms with Crippen molar-refractivity contribution in [3.63, 3.8) is 0 Å². The maximum absolute atomic E-state index is 5.89. The van der Waals surface area contributed by atoms with Crippen molar-refractivity contribution in [1.29, 1.82) is 0 Å². The molecule has 6 heteroatoms. The summed E-state index contributed by atoms with van der Waals surface area (Å²) in [4.78, 5) is 4.39. The topological polar surface area (TPSA) is 55.6 Å².